The van der Waals surface area contributed by atoms with Crippen LogP contribution in [0.3, 0.4) is 0 Å². The fraction of sp³-hybridized carbons (Fsp3) is 0.333. The zero-order chi connectivity index (χ0) is 18.7. The Hall–Kier alpha value is -2.82. The van der Waals surface area contributed by atoms with Gasteiger partial charge in [-0.15, -0.1) is 0 Å². The third-order valence-electron chi connectivity index (χ3n) is 3.92. The highest BCUT2D eigenvalue weighted by molar-refractivity contribution is 5.83. The largest absolute Gasteiger partial charge is 0.489 e. The maximum Gasteiger partial charge on any atom is 0.397 e. The lowest BCUT2D eigenvalue weighted by molar-refractivity contribution is 0.166. The van der Waals surface area contributed by atoms with E-state index in [0.29, 0.717) is 23.3 Å². The summed E-state index contributed by atoms with van der Waals surface area (Å²) in [5.41, 5.74) is 2.00. The van der Waals surface area contributed by atoms with Gasteiger partial charge in [0.25, 0.3) is 0 Å². The van der Waals surface area contributed by atoms with E-state index in [1.165, 1.54) is 0 Å². The summed E-state index contributed by atoms with van der Waals surface area (Å²) in [5, 5.41) is 0.475. The zero-order valence-electron chi connectivity index (χ0n) is 15.5. The molecule has 0 atom stereocenters. The van der Waals surface area contributed by atoms with E-state index < -0.39 is 5.63 Å². The van der Waals surface area contributed by atoms with Crippen LogP contribution < -0.4 is 15.1 Å². The highest BCUT2D eigenvalue weighted by Crippen LogP contribution is 2.29. The summed E-state index contributed by atoms with van der Waals surface area (Å²) in [4.78, 5) is 16.8. The van der Waals surface area contributed by atoms with E-state index in [0.717, 1.165) is 11.1 Å². The third kappa shape index (κ3) is 4.04. The van der Waals surface area contributed by atoms with Crippen LogP contribution >= 0.6 is 0 Å². The van der Waals surface area contributed by atoms with Crippen molar-refractivity contribution in [2.75, 3.05) is 0 Å². The first kappa shape index (κ1) is 18.0. The van der Waals surface area contributed by atoms with Crippen LogP contribution in [0, 0.1) is 0 Å². The van der Waals surface area contributed by atoms with E-state index >= 15 is 0 Å². The van der Waals surface area contributed by atoms with Gasteiger partial charge < -0.3 is 13.9 Å². The first-order valence-electron chi connectivity index (χ1n) is 8.76. The Balaban J connectivity index is 2.02. The summed E-state index contributed by atoms with van der Waals surface area (Å²) in [5.74, 6) is 0.790. The number of fused-ring (bicyclic) bond motifs is 1. The molecule has 0 saturated heterocycles. The Morgan fingerprint density at radius 1 is 1.08 bits per heavy atom. The number of ether oxygens (including phenoxy) is 2. The first-order chi connectivity index (χ1) is 12.4. The van der Waals surface area contributed by atoms with E-state index in [9.17, 15) is 4.79 Å². The third-order valence-corrected chi connectivity index (χ3v) is 3.92. The van der Waals surface area contributed by atoms with Crippen molar-refractivity contribution < 1.29 is 13.9 Å². The van der Waals surface area contributed by atoms with Gasteiger partial charge in [0.15, 0.2) is 0 Å². The molecule has 2 aromatic carbocycles. The van der Waals surface area contributed by atoms with Gasteiger partial charge in [-0.05, 0) is 37.0 Å². The molecule has 0 N–H and O–H groups in total. The van der Waals surface area contributed by atoms with Crippen molar-refractivity contribution in [3.8, 4) is 11.8 Å². The van der Waals surface area contributed by atoms with E-state index in [2.05, 4.69) is 4.98 Å². The van der Waals surface area contributed by atoms with Gasteiger partial charge in [0.2, 0.25) is 0 Å². The normalized spacial score (nSPS) is 11.3. The lowest BCUT2D eigenvalue weighted by atomic mass is 9.99. The summed E-state index contributed by atoms with van der Waals surface area (Å²) < 4.78 is 16.6. The van der Waals surface area contributed by atoms with Gasteiger partial charge >= 0.3 is 11.7 Å². The smallest absolute Gasteiger partial charge is 0.397 e. The lowest BCUT2D eigenvalue weighted by Gasteiger charge is -2.14. The number of rotatable bonds is 6. The SMILES string of the molecule is CC(C)Oc1nc2cc(OCc3ccccc3)cc(C(C)C)c2c(=O)o1. The molecule has 5 nitrogen and oxygen atoms in total. The van der Waals surface area contributed by atoms with Crippen LogP contribution in [-0.4, -0.2) is 11.1 Å². The van der Waals surface area contributed by atoms with Gasteiger partial charge in [-0.25, -0.2) is 4.79 Å². The minimum atomic E-state index is -0.441. The molecule has 0 spiro atoms. The molecular formula is C21H23NO4. The number of benzene rings is 2. The van der Waals surface area contributed by atoms with E-state index in [-0.39, 0.29) is 18.1 Å². The maximum absolute atomic E-state index is 12.5. The molecule has 1 heterocycles. The first-order valence-corrected chi connectivity index (χ1v) is 8.76. The average molecular weight is 353 g/mol. The number of nitrogens with zero attached hydrogens (tertiary/aromatic N) is 1. The van der Waals surface area contributed by atoms with Gasteiger partial charge in [0.05, 0.1) is 17.0 Å². The second kappa shape index (κ2) is 7.60. The number of hydrogen-bond donors (Lipinski definition) is 0. The van der Waals surface area contributed by atoms with Gasteiger partial charge in [0, 0.05) is 6.07 Å². The highest BCUT2D eigenvalue weighted by atomic mass is 16.6. The summed E-state index contributed by atoms with van der Waals surface area (Å²) in [6.45, 7) is 8.19. The molecule has 0 saturated carbocycles. The average Bonchev–Trinajstić information content (AvgIpc) is 2.59. The van der Waals surface area contributed by atoms with Crippen LogP contribution in [0.15, 0.2) is 51.7 Å². The number of aromatic nitrogens is 1. The molecule has 0 aliphatic rings. The summed E-state index contributed by atoms with van der Waals surface area (Å²) in [6, 6.07) is 13.6. The second-order valence-corrected chi connectivity index (χ2v) is 6.77. The summed E-state index contributed by atoms with van der Waals surface area (Å²) >= 11 is 0. The topological polar surface area (TPSA) is 61.6 Å². The van der Waals surface area contributed by atoms with E-state index in [1.807, 2.05) is 64.1 Å². The quantitative estimate of drug-likeness (QED) is 0.644. The monoisotopic (exact) mass is 353 g/mol. The van der Waals surface area contributed by atoms with Crippen molar-refractivity contribution in [1.29, 1.82) is 0 Å². The van der Waals surface area contributed by atoms with Crippen LogP contribution in [-0.2, 0) is 6.61 Å². The summed E-state index contributed by atoms with van der Waals surface area (Å²) in [6.07, 6.45) is -0.155. The minimum absolute atomic E-state index is 0.0209. The fourth-order valence-electron chi connectivity index (χ4n) is 2.72. The molecule has 26 heavy (non-hydrogen) atoms. The maximum atomic E-state index is 12.5. The zero-order valence-corrected chi connectivity index (χ0v) is 15.5. The van der Waals surface area contributed by atoms with Gasteiger partial charge in [-0.3, -0.25) is 0 Å². The molecule has 0 radical (unpaired) electrons. The predicted molar refractivity (Wildman–Crippen MR) is 101 cm³/mol. The van der Waals surface area contributed by atoms with Gasteiger partial charge in [0.1, 0.15) is 12.4 Å². The molecule has 0 unspecified atom stereocenters. The van der Waals surface area contributed by atoms with Crippen molar-refractivity contribution >= 4 is 10.9 Å². The highest BCUT2D eigenvalue weighted by Gasteiger charge is 2.16. The van der Waals surface area contributed by atoms with Crippen LogP contribution in [0.2, 0.25) is 0 Å². The van der Waals surface area contributed by atoms with Crippen molar-refractivity contribution in [2.45, 2.75) is 46.3 Å². The standard InChI is InChI=1S/C21H23NO4/c1-13(2)17-10-16(24-12-15-8-6-5-7-9-15)11-18-19(17)20(23)26-21(22-18)25-14(3)4/h5-11,13-14H,12H2,1-4H3. The van der Waals surface area contributed by atoms with Crippen LogP contribution in [0.25, 0.3) is 10.9 Å². The Kier molecular flexibility index (Phi) is 5.26. The summed E-state index contributed by atoms with van der Waals surface area (Å²) in [7, 11) is 0. The number of hydrogen-bond acceptors (Lipinski definition) is 5. The van der Waals surface area contributed by atoms with E-state index in [1.54, 1.807) is 6.07 Å². The molecule has 3 aromatic rings. The van der Waals surface area contributed by atoms with Crippen molar-refractivity contribution in [2.24, 2.45) is 0 Å². The molecule has 1 aromatic heterocycles. The lowest BCUT2D eigenvalue weighted by Crippen LogP contribution is -2.12. The molecule has 0 aliphatic carbocycles. The molecule has 0 amide bonds. The molecule has 0 bridgehead atoms. The molecule has 0 aliphatic heterocycles. The molecule has 5 heteroatoms. The Labute approximate surface area is 152 Å². The minimum Gasteiger partial charge on any atom is -0.489 e. The molecule has 0 fully saturated rings. The van der Waals surface area contributed by atoms with Crippen LogP contribution in [0.1, 0.15) is 44.7 Å². The second-order valence-electron chi connectivity index (χ2n) is 6.77. The molecule has 136 valence electrons. The Bertz CT molecular complexity index is 945. The van der Waals surface area contributed by atoms with Gasteiger partial charge in [-0.2, -0.15) is 4.98 Å². The van der Waals surface area contributed by atoms with Crippen molar-refractivity contribution in [3.05, 3.63) is 64.0 Å². The molecular weight excluding hydrogens is 330 g/mol. The molecule has 3 rings (SSSR count). The van der Waals surface area contributed by atoms with Crippen LogP contribution in [0.4, 0.5) is 0 Å². The van der Waals surface area contributed by atoms with Crippen LogP contribution in [0.5, 0.6) is 11.8 Å². The van der Waals surface area contributed by atoms with Crippen molar-refractivity contribution in [1.82, 2.24) is 4.98 Å². The Morgan fingerprint density at radius 2 is 1.81 bits per heavy atom. The van der Waals surface area contributed by atoms with Gasteiger partial charge in [-0.1, -0.05) is 44.2 Å². The van der Waals surface area contributed by atoms with E-state index in [4.69, 9.17) is 13.9 Å². The fourth-order valence-corrected chi connectivity index (χ4v) is 2.72. The Morgan fingerprint density at radius 3 is 2.46 bits per heavy atom. The predicted octanol–water partition coefficient (Wildman–Crippen LogP) is 4.68. The van der Waals surface area contributed by atoms with Crippen molar-refractivity contribution in [3.63, 3.8) is 0 Å².